The molecule has 3 N–H and O–H groups in total. The Hall–Kier alpha value is -2.28. The second-order valence-electron chi connectivity index (χ2n) is 12.3. The number of H-pyrrole nitrogens is 1. The minimum absolute atomic E-state index is 0.0146. The first-order valence-corrected chi connectivity index (χ1v) is 12.8. The van der Waals surface area contributed by atoms with Crippen LogP contribution in [0.5, 0.6) is 0 Å². The summed E-state index contributed by atoms with van der Waals surface area (Å²) in [6.45, 7) is 10.3. The van der Waals surface area contributed by atoms with E-state index < -0.39 is 23.4 Å². The third-order valence-corrected chi connectivity index (χ3v) is 8.56. The van der Waals surface area contributed by atoms with Crippen molar-refractivity contribution in [2.45, 2.75) is 102 Å². The van der Waals surface area contributed by atoms with Crippen molar-refractivity contribution in [2.24, 2.45) is 5.41 Å². The monoisotopic (exact) mass is 478 g/mol. The molecule has 3 heterocycles. The van der Waals surface area contributed by atoms with Gasteiger partial charge in [0.1, 0.15) is 12.2 Å². The molecule has 2 aromatic rings. The molecule has 1 aromatic heterocycles. The number of ether oxygens (including phenoxy) is 1. The molecule has 0 amide bonds. The smallest absolute Gasteiger partial charge is 0.202 e. The molecule has 35 heavy (non-hydrogen) atoms. The normalized spacial score (nSPS) is 34.0. The van der Waals surface area contributed by atoms with Crippen molar-refractivity contribution in [2.75, 3.05) is 0 Å². The van der Waals surface area contributed by atoms with Crippen LogP contribution in [-0.2, 0) is 11.2 Å². The van der Waals surface area contributed by atoms with E-state index >= 15 is 0 Å². The first-order valence-electron chi connectivity index (χ1n) is 12.8. The van der Waals surface area contributed by atoms with Crippen molar-refractivity contribution in [3.63, 3.8) is 0 Å². The number of aliphatic hydroxyl groups is 2. The van der Waals surface area contributed by atoms with Crippen molar-refractivity contribution >= 4 is 11.4 Å². The molecular weight excluding hydrogens is 440 g/mol. The lowest BCUT2D eigenvalue weighted by Gasteiger charge is -2.41. The Morgan fingerprint density at radius 3 is 2.40 bits per heavy atom. The molecule has 1 aliphatic carbocycles. The van der Waals surface area contributed by atoms with Crippen LogP contribution in [0.1, 0.15) is 98.7 Å². The Kier molecular flexibility index (Phi) is 5.86. The van der Waals surface area contributed by atoms with E-state index in [1.54, 1.807) is 6.20 Å². The fourth-order valence-electron chi connectivity index (χ4n) is 6.37. The number of aryl methyl sites for hydroxylation is 1. The molecule has 188 valence electrons. The highest BCUT2D eigenvalue weighted by Gasteiger charge is 2.61. The van der Waals surface area contributed by atoms with Gasteiger partial charge in [0.25, 0.3) is 0 Å². The number of benzene rings is 1. The van der Waals surface area contributed by atoms with Crippen LogP contribution in [0, 0.1) is 12.3 Å². The minimum Gasteiger partial charge on any atom is -0.387 e. The van der Waals surface area contributed by atoms with Crippen molar-refractivity contribution in [1.29, 1.82) is 0 Å². The van der Waals surface area contributed by atoms with Crippen molar-refractivity contribution in [3.05, 3.63) is 58.7 Å². The number of carbonyl (C=O) groups is 1. The van der Waals surface area contributed by atoms with Gasteiger partial charge in [-0.2, -0.15) is 0 Å². The Bertz CT molecular complexity index is 1160. The lowest BCUT2D eigenvalue weighted by molar-refractivity contribution is -0.153. The Labute approximate surface area is 207 Å². The predicted octanol–water partition coefficient (Wildman–Crippen LogP) is 4.88. The van der Waals surface area contributed by atoms with E-state index in [0.717, 1.165) is 36.1 Å². The van der Waals surface area contributed by atoms with Crippen molar-refractivity contribution < 1.29 is 19.7 Å². The van der Waals surface area contributed by atoms with Crippen molar-refractivity contribution in [1.82, 2.24) is 9.97 Å². The van der Waals surface area contributed by atoms with E-state index in [0.29, 0.717) is 25.1 Å². The lowest BCUT2D eigenvalue weighted by atomic mass is 9.75. The zero-order valence-electron chi connectivity index (χ0n) is 21.5. The molecule has 6 heteroatoms. The van der Waals surface area contributed by atoms with Gasteiger partial charge in [0.15, 0.2) is 5.82 Å². The quantitative estimate of drug-likeness (QED) is 0.532. The molecule has 5 rings (SSSR count). The maximum atomic E-state index is 13.0. The number of hydrogen-bond acceptors (Lipinski definition) is 5. The number of imidazole rings is 1. The van der Waals surface area contributed by atoms with E-state index in [2.05, 4.69) is 48.1 Å². The van der Waals surface area contributed by atoms with Gasteiger partial charge in [0, 0.05) is 18.3 Å². The zero-order chi connectivity index (χ0) is 25.2. The summed E-state index contributed by atoms with van der Waals surface area (Å²) in [5.41, 5.74) is 4.28. The van der Waals surface area contributed by atoms with Gasteiger partial charge in [-0.1, -0.05) is 38.1 Å². The summed E-state index contributed by atoms with van der Waals surface area (Å²) in [6, 6.07) is 6.46. The maximum Gasteiger partial charge on any atom is 0.202 e. The number of hydrogen-bond donors (Lipinski definition) is 3. The average molecular weight is 479 g/mol. The first kappa shape index (κ1) is 24.4. The molecule has 2 aliphatic heterocycles. The van der Waals surface area contributed by atoms with Gasteiger partial charge in [0.05, 0.1) is 11.2 Å². The number of fused-ring (bicyclic) bond motifs is 2. The third kappa shape index (κ3) is 4.41. The Morgan fingerprint density at radius 1 is 1.14 bits per heavy atom. The van der Waals surface area contributed by atoms with E-state index in [1.807, 2.05) is 20.8 Å². The lowest BCUT2D eigenvalue weighted by Crippen LogP contribution is -2.43. The van der Waals surface area contributed by atoms with Crippen LogP contribution < -0.4 is 0 Å². The largest absolute Gasteiger partial charge is 0.387 e. The van der Waals surface area contributed by atoms with Crippen LogP contribution in [0.2, 0.25) is 0 Å². The summed E-state index contributed by atoms with van der Waals surface area (Å²) in [5, 5.41) is 21.4. The molecule has 3 aliphatic rings. The third-order valence-electron chi connectivity index (χ3n) is 8.56. The molecular formula is C29H38N2O4. The molecule has 0 saturated carbocycles. The summed E-state index contributed by atoms with van der Waals surface area (Å²) in [5.74, 6) is 0.544. The number of carbonyl (C=O) groups excluding carboxylic acids is 1. The number of rotatable bonds is 5. The summed E-state index contributed by atoms with van der Waals surface area (Å²) < 4.78 is 6.18. The van der Waals surface area contributed by atoms with Crippen LogP contribution in [0.25, 0.3) is 5.57 Å². The van der Waals surface area contributed by atoms with Crippen LogP contribution in [0.15, 0.2) is 30.5 Å². The highest BCUT2D eigenvalue weighted by atomic mass is 16.6. The average Bonchev–Trinajstić information content (AvgIpc) is 3.28. The maximum absolute atomic E-state index is 13.0. The van der Waals surface area contributed by atoms with Gasteiger partial charge in [-0.25, -0.2) is 4.98 Å². The molecule has 2 fully saturated rings. The number of aromatic amines is 1. The molecule has 2 saturated heterocycles. The number of ketones is 1. The van der Waals surface area contributed by atoms with Gasteiger partial charge in [-0.15, -0.1) is 0 Å². The van der Waals surface area contributed by atoms with Crippen molar-refractivity contribution in [3.8, 4) is 0 Å². The van der Waals surface area contributed by atoms with Gasteiger partial charge in [-0.3, -0.25) is 4.79 Å². The molecule has 5 atom stereocenters. The number of allylic oxidation sites excluding steroid dienone is 2. The van der Waals surface area contributed by atoms with Gasteiger partial charge >= 0.3 is 0 Å². The van der Waals surface area contributed by atoms with E-state index in [9.17, 15) is 15.0 Å². The Balaban J connectivity index is 1.50. The van der Waals surface area contributed by atoms with Gasteiger partial charge in [-0.05, 0) is 86.5 Å². The first-order chi connectivity index (χ1) is 16.4. The highest BCUT2D eigenvalue weighted by molar-refractivity contribution is 5.95. The summed E-state index contributed by atoms with van der Waals surface area (Å²) in [7, 11) is 0. The number of nitrogens with one attached hydrogen (secondary N) is 1. The highest BCUT2D eigenvalue weighted by Crippen LogP contribution is 2.53. The minimum atomic E-state index is -0.895. The standard InChI is InChI=1S/C29H38N2O4/c1-17-16-30-26(31-17)23(32)13-20-7-6-19(12-22(20)18-8-10-27(2,3)11-9-18)21-14-28(4)24(33)25(34)29(5,15-21)35-28/h6-8,12,16,21,24-25,33-34H,9-11,13-15H2,1-5H3,(H,30,31)/t21?,24-,25+,28+,29-. The van der Waals surface area contributed by atoms with Gasteiger partial charge < -0.3 is 19.9 Å². The van der Waals surface area contributed by atoms with E-state index in [1.165, 1.54) is 11.1 Å². The predicted molar refractivity (Wildman–Crippen MR) is 135 cm³/mol. The fourth-order valence-corrected chi connectivity index (χ4v) is 6.37. The second-order valence-corrected chi connectivity index (χ2v) is 12.3. The van der Waals surface area contributed by atoms with Crippen LogP contribution >= 0.6 is 0 Å². The van der Waals surface area contributed by atoms with Crippen LogP contribution in [0.3, 0.4) is 0 Å². The van der Waals surface area contributed by atoms with Crippen LogP contribution in [-0.4, -0.2) is 49.4 Å². The fraction of sp³-hybridized carbons (Fsp3) is 0.586. The number of Topliss-reactive ketones (excluding diaryl/α,β-unsaturated/α-hetero) is 1. The molecule has 0 radical (unpaired) electrons. The summed E-state index contributed by atoms with van der Waals surface area (Å²) in [6.07, 6.45) is 6.95. The van der Waals surface area contributed by atoms with E-state index in [4.69, 9.17) is 4.74 Å². The summed E-state index contributed by atoms with van der Waals surface area (Å²) in [4.78, 5) is 20.3. The molecule has 1 unspecified atom stereocenters. The number of aromatic nitrogens is 2. The second kappa shape index (κ2) is 8.39. The number of nitrogens with zero attached hydrogens (tertiary/aromatic N) is 1. The molecule has 2 bridgehead atoms. The Morgan fingerprint density at radius 2 is 1.83 bits per heavy atom. The summed E-state index contributed by atoms with van der Waals surface area (Å²) >= 11 is 0. The zero-order valence-corrected chi connectivity index (χ0v) is 21.5. The molecule has 1 aromatic carbocycles. The van der Waals surface area contributed by atoms with Gasteiger partial charge in [0.2, 0.25) is 5.78 Å². The molecule has 0 spiro atoms. The van der Waals surface area contributed by atoms with E-state index in [-0.39, 0.29) is 17.1 Å². The molecule has 6 nitrogen and oxygen atoms in total. The SMILES string of the molecule is Cc1cnc(C(=O)Cc2ccc(C3C[C@@]4(C)O[C@@](C)(C3)[C@H](O)[C@@H]4O)cc2C2=CCC(C)(C)CC2)[nH]1. The number of aliphatic hydroxyl groups excluding tert-OH is 2. The topological polar surface area (TPSA) is 95.4 Å². The van der Waals surface area contributed by atoms with Crippen LogP contribution in [0.4, 0.5) is 0 Å².